The summed E-state index contributed by atoms with van der Waals surface area (Å²) in [6.07, 6.45) is 1.88. The van der Waals surface area contributed by atoms with Gasteiger partial charge in [-0.1, -0.05) is 36.4 Å². The predicted octanol–water partition coefficient (Wildman–Crippen LogP) is 2.54. The second kappa shape index (κ2) is 13.8. The van der Waals surface area contributed by atoms with Crippen LogP contribution in [-0.2, 0) is 9.59 Å². The van der Waals surface area contributed by atoms with E-state index in [1.807, 2.05) is 61.5 Å². The van der Waals surface area contributed by atoms with Gasteiger partial charge in [0.15, 0.2) is 5.17 Å². The molecule has 3 aromatic rings. The number of thioether (sulfide) groups is 1. The number of rotatable bonds is 5. The number of nitrogens with zero attached hydrogens (tertiary/aromatic N) is 1. The zero-order chi connectivity index (χ0) is 23.6. The van der Waals surface area contributed by atoms with Gasteiger partial charge in [0.2, 0.25) is 0 Å². The molecule has 1 heterocycles. The number of aliphatic carboxylic acids is 1. The molecule has 0 bridgehead atoms. The number of nitrogens with one attached hydrogen (secondary N) is 1. The summed E-state index contributed by atoms with van der Waals surface area (Å²) >= 11 is 1.34. The average Bonchev–Trinajstić information content (AvgIpc) is 3.14. The van der Waals surface area contributed by atoms with E-state index in [1.165, 1.54) is 11.8 Å². The van der Waals surface area contributed by atoms with Gasteiger partial charge in [0, 0.05) is 6.92 Å². The molecule has 0 spiro atoms. The third-order valence-corrected chi connectivity index (χ3v) is 5.20. The second-order valence-corrected chi connectivity index (χ2v) is 7.87. The van der Waals surface area contributed by atoms with E-state index in [-0.39, 0.29) is 35.5 Å². The van der Waals surface area contributed by atoms with Gasteiger partial charge in [-0.05, 0) is 59.3 Å². The van der Waals surface area contributed by atoms with Gasteiger partial charge in [0.25, 0.3) is 11.9 Å². The Morgan fingerprint density at radius 3 is 2.18 bits per heavy atom. The molecule has 0 atom stereocenters. The number of carbonyl (C=O) groups excluding carboxylic acids is 1. The molecule has 1 saturated heterocycles. The molecule has 0 unspecified atom stereocenters. The van der Waals surface area contributed by atoms with Crippen LogP contribution in [-0.4, -0.2) is 28.8 Å². The van der Waals surface area contributed by atoms with Gasteiger partial charge < -0.3 is 15.2 Å². The number of carbonyl (C=O) groups is 2. The molecule has 2 N–H and O–H groups in total. The number of hydrogen-bond donors (Lipinski definition) is 2. The van der Waals surface area contributed by atoms with Crippen LogP contribution < -0.4 is 39.6 Å². The van der Waals surface area contributed by atoms with Crippen molar-refractivity contribution in [3.05, 3.63) is 89.3 Å². The Kier molecular flexibility index (Phi) is 11.1. The Hall–Kier alpha value is -2.84. The summed E-state index contributed by atoms with van der Waals surface area (Å²) in [5.74, 6) is -0.0974. The Balaban J connectivity index is 0.000000758. The topological polar surface area (TPSA) is 88.0 Å². The molecule has 1 aliphatic heterocycles. The summed E-state index contributed by atoms with van der Waals surface area (Å²) < 4.78 is 5.49. The van der Waals surface area contributed by atoms with Crippen molar-refractivity contribution in [2.45, 2.75) is 13.8 Å². The Morgan fingerprint density at radius 1 is 1.06 bits per heavy atom. The minimum atomic E-state index is -0.833. The van der Waals surface area contributed by atoms with Crippen LogP contribution in [0.5, 0.6) is 5.75 Å². The summed E-state index contributed by atoms with van der Waals surface area (Å²) in [5.41, 5.74) is 3.98. The summed E-state index contributed by atoms with van der Waals surface area (Å²) in [5, 5.41) is 10.8. The number of amides is 1. The molecule has 34 heavy (non-hydrogen) atoms. The van der Waals surface area contributed by atoms with E-state index >= 15 is 0 Å². The third kappa shape index (κ3) is 8.50. The minimum absolute atomic E-state index is 0. The number of amidine groups is 1. The van der Waals surface area contributed by atoms with E-state index in [9.17, 15) is 4.79 Å². The van der Waals surface area contributed by atoms with Crippen LogP contribution in [0, 0.1) is 6.07 Å². The van der Waals surface area contributed by atoms with Gasteiger partial charge in [-0.3, -0.25) is 14.6 Å². The van der Waals surface area contributed by atoms with Gasteiger partial charge in [0.1, 0.15) is 5.75 Å². The van der Waals surface area contributed by atoms with E-state index in [2.05, 4.69) is 28.5 Å². The molecule has 1 amide bonds. The van der Waals surface area contributed by atoms with Crippen LogP contribution in [0.15, 0.2) is 82.7 Å². The normalized spacial score (nSPS) is 14.6. The summed E-state index contributed by atoms with van der Waals surface area (Å²) in [6, 6.07) is 26.4. The maximum atomic E-state index is 12.3. The largest absolute Gasteiger partial charge is 1.00 e. The molecule has 3 aromatic carbocycles. The molecule has 0 aliphatic carbocycles. The van der Waals surface area contributed by atoms with Crippen LogP contribution in [0.3, 0.4) is 0 Å². The predicted molar refractivity (Wildman–Crippen MR) is 132 cm³/mol. The van der Waals surface area contributed by atoms with Crippen molar-refractivity contribution in [2.75, 3.05) is 6.61 Å². The quantitative estimate of drug-likeness (QED) is 0.332. The van der Waals surface area contributed by atoms with Gasteiger partial charge in [-0.25, -0.2) is 0 Å². The molecule has 0 radical (unpaired) electrons. The molecule has 1 aliphatic rings. The van der Waals surface area contributed by atoms with Gasteiger partial charge in [-0.2, -0.15) is 18.2 Å². The molecule has 0 aromatic heterocycles. The van der Waals surface area contributed by atoms with E-state index in [1.54, 1.807) is 12.1 Å². The van der Waals surface area contributed by atoms with Crippen molar-refractivity contribution in [3.63, 3.8) is 0 Å². The van der Waals surface area contributed by atoms with Crippen molar-refractivity contribution in [1.82, 2.24) is 5.32 Å². The first-order chi connectivity index (χ1) is 15.9. The molecule has 6 nitrogen and oxygen atoms in total. The van der Waals surface area contributed by atoms with Crippen molar-refractivity contribution in [3.8, 4) is 16.9 Å². The molecule has 0 saturated carbocycles. The van der Waals surface area contributed by atoms with Gasteiger partial charge in [-0.15, -0.1) is 12.1 Å². The third-order valence-electron chi connectivity index (χ3n) is 4.29. The van der Waals surface area contributed by atoms with Crippen LogP contribution in [0.1, 0.15) is 19.4 Å². The first-order valence-corrected chi connectivity index (χ1v) is 11.0. The summed E-state index contributed by atoms with van der Waals surface area (Å²) in [7, 11) is 0. The fraction of sp³-hybridized carbons (Fsp3) is 0.115. The maximum Gasteiger partial charge on any atom is 1.00 e. The zero-order valence-corrected chi connectivity index (χ0v) is 22.1. The maximum absolute atomic E-state index is 12.3. The first kappa shape index (κ1) is 27.4. The SMILES string of the molecule is CC(=O)O.CCOc1ccc(-c2ccc(C=C3SC(=Nc4cc[c-]cc4)NC3=O)cc2)cc1.[Na+]. The van der Waals surface area contributed by atoms with Gasteiger partial charge >= 0.3 is 29.6 Å². The average molecular weight is 483 g/mol. The monoisotopic (exact) mass is 482 g/mol. The smallest absolute Gasteiger partial charge is 0.494 e. The number of benzene rings is 3. The van der Waals surface area contributed by atoms with Crippen molar-refractivity contribution < 1.29 is 49.0 Å². The Labute approximate surface area is 225 Å². The zero-order valence-electron chi connectivity index (χ0n) is 19.2. The Morgan fingerprint density at radius 2 is 1.62 bits per heavy atom. The standard InChI is InChI=1S/C24H19N2O2S.C2H4O2.Na/c1-2-28-21-14-12-19(13-15-21)18-10-8-17(9-11-18)16-22-23(27)26-24(29-22)25-20-6-4-3-5-7-20;1-2(3)4;/h4-16H,2H2,1H3,(H,25,26,27);1H3,(H,3,4);/q-1;;+1. The summed E-state index contributed by atoms with van der Waals surface area (Å²) in [4.78, 5) is 26.3. The van der Waals surface area contributed by atoms with E-state index in [0.717, 1.165) is 35.1 Å². The number of hydrogen-bond acceptors (Lipinski definition) is 5. The minimum Gasteiger partial charge on any atom is -0.494 e. The number of carboxylic acid groups (broad SMARTS) is 1. The molecule has 1 fully saturated rings. The fourth-order valence-corrected chi connectivity index (χ4v) is 3.73. The molecular weight excluding hydrogens is 459 g/mol. The van der Waals surface area contributed by atoms with Crippen molar-refractivity contribution >= 4 is 40.6 Å². The molecule has 168 valence electrons. The van der Waals surface area contributed by atoms with Crippen molar-refractivity contribution in [1.29, 1.82) is 0 Å². The van der Waals surface area contributed by atoms with E-state index in [0.29, 0.717) is 16.7 Å². The first-order valence-electron chi connectivity index (χ1n) is 10.2. The van der Waals surface area contributed by atoms with Crippen molar-refractivity contribution in [2.24, 2.45) is 4.99 Å². The number of carboxylic acids is 1. The second-order valence-electron chi connectivity index (χ2n) is 6.84. The number of ether oxygens (including phenoxy) is 1. The van der Waals surface area contributed by atoms with Crippen LogP contribution in [0.25, 0.3) is 17.2 Å². The van der Waals surface area contributed by atoms with E-state index in [4.69, 9.17) is 14.6 Å². The molecule has 8 heteroatoms. The molecule has 4 rings (SSSR count). The summed E-state index contributed by atoms with van der Waals surface area (Å²) in [6.45, 7) is 3.71. The van der Waals surface area contributed by atoms with Crippen LogP contribution in [0.2, 0.25) is 0 Å². The van der Waals surface area contributed by atoms with Crippen LogP contribution >= 0.6 is 11.8 Å². The van der Waals surface area contributed by atoms with Crippen LogP contribution in [0.4, 0.5) is 5.69 Å². The fourth-order valence-electron chi connectivity index (χ4n) is 2.88. The van der Waals surface area contributed by atoms with E-state index < -0.39 is 5.97 Å². The Bertz CT molecular complexity index is 1160. The van der Waals surface area contributed by atoms with Gasteiger partial charge in [0.05, 0.1) is 11.5 Å². The number of aliphatic imine (C=N–C) groups is 1. The molecular formula is C26H23N2NaO4S.